The van der Waals surface area contributed by atoms with Crippen LogP contribution in [0.15, 0.2) is 24.5 Å². The molecule has 0 spiro atoms. The maximum atomic E-state index is 12.5. The summed E-state index contributed by atoms with van der Waals surface area (Å²) >= 11 is 0. The van der Waals surface area contributed by atoms with Crippen molar-refractivity contribution < 1.29 is 8.42 Å². The van der Waals surface area contributed by atoms with Crippen molar-refractivity contribution in [2.75, 3.05) is 13.6 Å². The van der Waals surface area contributed by atoms with Gasteiger partial charge in [0.2, 0.25) is 0 Å². The minimum Gasteiger partial charge on any atom is -0.264 e. The van der Waals surface area contributed by atoms with Crippen LogP contribution in [0.5, 0.6) is 0 Å². The molecule has 20 heavy (non-hydrogen) atoms. The molecule has 0 N–H and O–H groups in total. The van der Waals surface area contributed by atoms with Gasteiger partial charge < -0.3 is 0 Å². The topological polar surface area (TPSA) is 77.3 Å². The molecule has 0 radical (unpaired) electrons. The molecule has 0 aliphatic carbocycles. The summed E-state index contributed by atoms with van der Waals surface area (Å²) in [5, 5.41) is 8.70. The summed E-state index contributed by atoms with van der Waals surface area (Å²) in [7, 11) is -2.04. The molecule has 1 aromatic heterocycles. The average molecular weight is 296 g/mol. The molecule has 6 nitrogen and oxygen atoms in total. The van der Waals surface area contributed by atoms with Gasteiger partial charge in [-0.1, -0.05) is 6.07 Å². The van der Waals surface area contributed by atoms with E-state index in [9.17, 15) is 8.42 Å². The summed E-state index contributed by atoms with van der Waals surface area (Å²) in [6.07, 6.45) is 3.42. The molecule has 0 saturated heterocycles. The van der Waals surface area contributed by atoms with Gasteiger partial charge in [0.15, 0.2) is 0 Å². The smallest absolute Gasteiger partial charge is 0.264 e. The second-order valence-corrected chi connectivity index (χ2v) is 6.71. The quantitative estimate of drug-likeness (QED) is 0.761. The van der Waals surface area contributed by atoms with Gasteiger partial charge in [-0.15, -0.1) is 0 Å². The molecule has 0 aromatic carbocycles. The Morgan fingerprint density at radius 1 is 1.45 bits per heavy atom. The Labute approximate surface area is 120 Å². The van der Waals surface area contributed by atoms with Gasteiger partial charge in [-0.3, -0.25) is 4.98 Å². The van der Waals surface area contributed by atoms with Crippen LogP contribution in [0.3, 0.4) is 0 Å². The zero-order chi connectivity index (χ0) is 15.2. The van der Waals surface area contributed by atoms with Crippen molar-refractivity contribution in [3.05, 3.63) is 30.1 Å². The van der Waals surface area contributed by atoms with E-state index in [0.717, 1.165) is 5.56 Å². The van der Waals surface area contributed by atoms with E-state index in [1.807, 2.05) is 26.0 Å². The Kier molecular flexibility index (Phi) is 6.07. The Hall–Kier alpha value is -1.49. The number of aromatic nitrogens is 1. The summed E-state index contributed by atoms with van der Waals surface area (Å²) in [6, 6.07) is 5.42. The lowest BCUT2D eigenvalue weighted by Gasteiger charge is -2.29. The van der Waals surface area contributed by atoms with Crippen molar-refractivity contribution >= 4 is 10.2 Å². The first kappa shape index (κ1) is 16.6. The molecule has 0 amide bonds. The molecule has 1 aromatic rings. The van der Waals surface area contributed by atoms with Crippen molar-refractivity contribution in [1.29, 1.82) is 5.26 Å². The molecule has 1 rings (SSSR count). The molecule has 110 valence electrons. The molecule has 0 atom stereocenters. The number of rotatable bonds is 7. The van der Waals surface area contributed by atoms with Crippen molar-refractivity contribution in [2.24, 2.45) is 0 Å². The fourth-order valence-electron chi connectivity index (χ4n) is 1.59. The van der Waals surface area contributed by atoms with E-state index in [1.165, 1.54) is 8.61 Å². The molecule has 0 aliphatic heterocycles. The molecule has 0 aliphatic rings. The summed E-state index contributed by atoms with van der Waals surface area (Å²) in [5.41, 5.74) is 0.797. The third kappa shape index (κ3) is 4.27. The third-order valence-corrected chi connectivity index (χ3v) is 5.09. The molecular weight excluding hydrogens is 276 g/mol. The van der Waals surface area contributed by atoms with Gasteiger partial charge >= 0.3 is 0 Å². The van der Waals surface area contributed by atoms with Crippen molar-refractivity contribution in [1.82, 2.24) is 13.6 Å². The number of nitriles is 1. The summed E-state index contributed by atoms with van der Waals surface area (Å²) in [5.74, 6) is 0. The predicted octanol–water partition coefficient (Wildman–Crippen LogP) is 1.38. The van der Waals surface area contributed by atoms with Crippen LogP contribution in [0.2, 0.25) is 0 Å². The highest BCUT2D eigenvalue weighted by Crippen LogP contribution is 2.14. The highest BCUT2D eigenvalue weighted by Gasteiger charge is 2.28. The molecule has 0 fully saturated rings. The van der Waals surface area contributed by atoms with Gasteiger partial charge in [-0.25, -0.2) is 0 Å². The van der Waals surface area contributed by atoms with Crippen molar-refractivity contribution in [3.8, 4) is 6.07 Å². The van der Waals surface area contributed by atoms with Crippen LogP contribution in [0.1, 0.15) is 25.8 Å². The largest absolute Gasteiger partial charge is 0.282 e. The molecule has 0 saturated carbocycles. The van der Waals surface area contributed by atoms with E-state index in [0.29, 0.717) is 0 Å². The second kappa shape index (κ2) is 7.33. The highest BCUT2D eigenvalue weighted by molar-refractivity contribution is 7.86. The summed E-state index contributed by atoms with van der Waals surface area (Å²) in [6.45, 7) is 4.01. The Balaban J connectivity index is 2.98. The number of pyridine rings is 1. The molecular formula is C13H20N4O2S. The number of nitrogens with zero attached hydrogens (tertiary/aromatic N) is 4. The minimum atomic E-state index is -3.58. The zero-order valence-corrected chi connectivity index (χ0v) is 12.8. The molecule has 0 unspecified atom stereocenters. The Bertz CT molecular complexity index is 551. The molecule has 1 heterocycles. The van der Waals surface area contributed by atoms with Gasteiger partial charge in [0, 0.05) is 45.0 Å². The lowest BCUT2D eigenvalue weighted by molar-refractivity contribution is 0.333. The summed E-state index contributed by atoms with van der Waals surface area (Å²) < 4.78 is 27.6. The van der Waals surface area contributed by atoms with E-state index in [4.69, 9.17) is 5.26 Å². The van der Waals surface area contributed by atoms with Crippen LogP contribution in [-0.4, -0.2) is 41.6 Å². The van der Waals surface area contributed by atoms with Crippen LogP contribution in [-0.2, 0) is 16.8 Å². The third-order valence-electron chi connectivity index (χ3n) is 2.97. The normalized spacial score (nSPS) is 12.1. The Morgan fingerprint density at radius 2 is 2.15 bits per heavy atom. The predicted molar refractivity (Wildman–Crippen MR) is 76.7 cm³/mol. The molecule has 7 heteroatoms. The van der Waals surface area contributed by atoms with Crippen LogP contribution in [0.25, 0.3) is 0 Å². The maximum Gasteiger partial charge on any atom is 0.282 e. The maximum absolute atomic E-state index is 12.5. The van der Waals surface area contributed by atoms with E-state index in [1.54, 1.807) is 25.5 Å². The van der Waals surface area contributed by atoms with Gasteiger partial charge in [0.05, 0.1) is 6.07 Å². The monoisotopic (exact) mass is 296 g/mol. The van der Waals surface area contributed by atoms with Crippen LogP contribution in [0.4, 0.5) is 0 Å². The van der Waals surface area contributed by atoms with E-state index in [-0.39, 0.29) is 25.6 Å². The average Bonchev–Trinajstić information content (AvgIpc) is 2.43. The van der Waals surface area contributed by atoms with E-state index in [2.05, 4.69) is 4.98 Å². The first-order chi connectivity index (χ1) is 9.39. The van der Waals surface area contributed by atoms with Gasteiger partial charge in [0.1, 0.15) is 0 Å². The lowest BCUT2D eigenvalue weighted by atomic mass is 10.3. The van der Waals surface area contributed by atoms with Gasteiger partial charge in [0.25, 0.3) is 10.2 Å². The van der Waals surface area contributed by atoms with Crippen molar-refractivity contribution in [3.63, 3.8) is 0 Å². The van der Waals surface area contributed by atoms with Crippen molar-refractivity contribution in [2.45, 2.75) is 32.9 Å². The summed E-state index contributed by atoms with van der Waals surface area (Å²) in [4.78, 5) is 3.98. The lowest BCUT2D eigenvalue weighted by Crippen LogP contribution is -2.44. The standard InChI is InChI=1S/C13H20N4O2S/c1-12(2)16(3)20(18,19)17(9-5-7-14)11-13-6-4-8-15-10-13/h4,6,8,10,12H,5,9,11H2,1-3H3. The van der Waals surface area contributed by atoms with Gasteiger partial charge in [-0.2, -0.15) is 22.3 Å². The fourth-order valence-corrected chi connectivity index (χ4v) is 3.13. The second-order valence-electron chi connectivity index (χ2n) is 4.72. The van der Waals surface area contributed by atoms with Crippen LogP contribution >= 0.6 is 0 Å². The van der Waals surface area contributed by atoms with Crippen LogP contribution < -0.4 is 0 Å². The fraction of sp³-hybridized carbons (Fsp3) is 0.538. The Morgan fingerprint density at radius 3 is 2.65 bits per heavy atom. The highest BCUT2D eigenvalue weighted by atomic mass is 32.2. The van der Waals surface area contributed by atoms with Crippen LogP contribution in [0, 0.1) is 11.3 Å². The SMILES string of the molecule is CC(C)N(C)S(=O)(=O)N(CCC#N)Cc1cccnc1. The van der Waals surface area contributed by atoms with Gasteiger partial charge in [-0.05, 0) is 25.5 Å². The number of hydrogen-bond donors (Lipinski definition) is 0. The first-order valence-corrected chi connectivity index (χ1v) is 7.78. The first-order valence-electron chi connectivity index (χ1n) is 6.38. The van der Waals surface area contributed by atoms with E-state index >= 15 is 0 Å². The number of hydrogen-bond acceptors (Lipinski definition) is 4. The zero-order valence-electron chi connectivity index (χ0n) is 12.0. The minimum absolute atomic E-state index is 0.140. The molecule has 0 bridgehead atoms. The van der Waals surface area contributed by atoms with E-state index < -0.39 is 10.2 Å².